The van der Waals surface area contributed by atoms with Crippen LogP contribution < -0.4 is 10.2 Å². The first kappa shape index (κ1) is 24.2. The molecule has 0 saturated heterocycles. The normalized spacial score (nSPS) is 12.7. The molecule has 6 heteroatoms. The van der Waals surface area contributed by atoms with Gasteiger partial charge in [0.05, 0.1) is 7.11 Å². The van der Waals surface area contributed by atoms with E-state index in [4.69, 9.17) is 18.5 Å². The lowest BCUT2D eigenvalue weighted by molar-refractivity contribution is 0.139. The minimum Gasteiger partial charge on any atom is -0.496 e. The number of hydrogen-bond acceptors (Lipinski definition) is 4. The van der Waals surface area contributed by atoms with Crippen LogP contribution in [0, 0.1) is 0 Å². The molecule has 1 aromatic rings. The Hall–Kier alpha value is -0.818. The molecule has 0 fully saturated rings. The summed E-state index contributed by atoms with van der Waals surface area (Å²) in [6.07, 6.45) is 0.992. The van der Waals surface area contributed by atoms with Gasteiger partial charge in [0.1, 0.15) is 5.75 Å². The molecule has 0 aliphatic carbocycles. The lowest BCUT2D eigenvalue weighted by Gasteiger charge is -2.36. The van der Waals surface area contributed by atoms with Gasteiger partial charge in [-0.3, -0.25) is 0 Å². The predicted octanol–water partition coefficient (Wildman–Crippen LogP) is 4.80. The highest BCUT2D eigenvalue weighted by Crippen LogP contribution is 2.36. The maximum Gasteiger partial charge on any atom is 0.494 e. The fraction of sp³-hybridized carbons (Fsp3) is 0.714. The van der Waals surface area contributed by atoms with E-state index in [9.17, 15) is 0 Å². The Kier molecular flexibility index (Phi) is 9.06. The van der Waals surface area contributed by atoms with Gasteiger partial charge >= 0.3 is 7.12 Å². The second-order valence-corrected chi connectivity index (χ2v) is 13.9. The first-order valence-electron chi connectivity index (χ1n) is 9.99. The van der Waals surface area contributed by atoms with Crippen LogP contribution >= 0.6 is 0 Å². The lowest BCUT2D eigenvalue weighted by Crippen LogP contribution is -2.41. The van der Waals surface area contributed by atoms with Gasteiger partial charge in [-0.2, -0.15) is 0 Å². The summed E-state index contributed by atoms with van der Waals surface area (Å²) >= 11 is 0. The zero-order valence-electron chi connectivity index (χ0n) is 19.0. The summed E-state index contributed by atoms with van der Waals surface area (Å²) in [4.78, 5) is 0. The molecule has 0 unspecified atom stereocenters. The van der Waals surface area contributed by atoms with Gasteiger partial charge in [-0.1, -0.05) is 32.9 Å². The Morgan fingerprint density at radius 3 is 2.00 bits per heavy atom. The SMILES string of the molecule is COc1cc(B(OC(C)C)OC(C)C)ccc1CCO[Si](C)(C)C(C)(C)C. The van der Waals surface area contributed by atoms with E-state index in [0.29, 0.717) is 6.61 Å². The molecule has 0 heterocycles. The highest BCUT2D eigenvalue weighted by atomic mass is 28.4. The van der Waals surface area contributed by atoms with Crippen molar-refractivity contribution in [3.63, 3.8) is 0 Å². The minimum absolute atomic E-state index is 0.0809. The summed E-state index contributed by atoms with van der Waals surface area (Å²) in [5, 5.41) is 0.219. The Balaban J connectivity index is 2.90. The van der Waals surface area contributed by atoms with E-state index >= 15 is 0 Å². The van der Waals surface area contributed by atoms with Crippen molar-refractivity contribution >= 4 is 20.9 Å². The Bertz CT molecular complexity index is 572. The summed E-state index contributed by atoms with van der Waals surface area (Å²) in [6, 6.07) is 6.19. The number of hydrogen-bond donors (Lipinski definition) is 0. The summed E-state index contributed by atoms with van der Waals surface area (Å²) in [7, 11) is -0.418. The van der Waals surface area contributed by atoms with E-state index in [1.54, 1.807) is 7.11 Å². The van der Waals surface area contributed by atoms with Crippen LogP contribution in [0.3, 0.4) is 0 Å². The highest BCUT2D eigenvalue weighted by molar-refractivity contribution is 6.74. The van der Waals surface area contributed by atoms with Gasteiger partial charge < -0.3 is 18.5 Å². The summed E-state index contributed by atoms with van der Waals surface area (Å²) in [5.74, 6) is 0.857. The Morgan fingerprint density at radius 2 is 1.56 bits per heavy atom. The number of benzene rings is 1. The zero-order valence-corrected chi connectivity index (χ0v) is 20.0. The Labute approximate surface area is 168 Å². The van der Waals surface area contributed by atoms with Crippen molar-refractivity contribution in [3.8, 4) is 5.75 Å². The fourth-order valence-corrected chi connectivity index (χ4v) is 3.48. The van der Waals surface area contributed by atoms with Crippen molar-refractivity contribution in [2.75, 3.05) is 13.7 Å². The van der Waals surface area contributed by atoms with Crippen LogP contribution in [0.4, 0.5) is 0 Å². The van der Waals surface area contributed by atoms with Crippen LogP contribution in [0.15, 0.2) is 18.2 Å². The third-order valence-corrected chi connectivity index (χ3v) is 9.55. The second-order valence-electron chi connectivity index (χ2n) is 9.13. The van der Waals surface area contributed by atoms with Gasteiger partial charge in [-0.05, 0) is 69.3 Å². The molecule has 154 valence electrons. The topological polar surface area (TPSA) is 36.9 Å². The van der Waals surface area contributed by atoms with Gasteiger partial charge in [0.25, 0.3) is 0 Å². The van der Waals surface area contributed by atoms with Gasteiger partial charge in [0.2, 0.25) is 0 Å². The maximum atomic E-state index is 6.31. The van der Waals surface area contributed by atoms with Crippen molar-refractivity contribution in [2.24, 2.45) is 0 Å². The van der Waals surface area contributed by atoms with Crippen LogP contribution in [0.5, 0.6) is 5.75 Å². The molecule has 0 saturated carbocycles. The number of rotatable bonds is 10. The van der Waals surface area contributed by atoms with Gasteiger partial charge in [0.15, 0.2) is 8.32 Å². The van der Waals surface area contributed by atoms with Crippen LogP contribution in [0.2, 0.25) is 18.1 Å². The van der Waals surface area contributed by atoms with E-state index in [0.717, 1.165) is 23.2 Å². The maximum absolute atomic E-state index is 6.31. The van der Waals surface area contributed by atoms with E-state index in [1.165, 1.54) is 0 Å². The van der Waals surface area contributed by atoms with Crippen molar-refractivity contribution in [2.45, 2.75) is 85.2 Å². The van der Waals surface area contributed by atoms with E-state index in [-0.39, 0.29) is 17.2 Å². The molecule has 0 aromatic heterocycles. The number of ether oxygens (including phenoxy) is 1. The zero-order chi connectivity index (χ0) is 20.8. The lowest BCUT2D eigenvalue weighted by atomic mass is 9.77. The van der Waals surface area contributed by atoms with Crippen molar-refractivity contribution in [3.05, 3.63) is 23.8 Å². The molecule has 0 aliphatic heterocycles. The summed E-state index contributed by atoms with van der Waals surface area (Å²) < 4.78 is 23.9. The highest BCUT2D eigenvalue weighted by Gasteiger charge is 2.37. The van der Waals surface area contributed by atoms with Crippen LogP contribution in [-0.4, -0.2) is 41.4 Å². The molecule has 0 aliphatic rings. The number of methoxy groups -OCH3 is 1. The molecule has 0 radical (unpaired) electrons. The van der Waals surface area contributed by atoms with Gasteiger partial charge in [-0.25, -0.2) is 0 Å². The van der Waals surface area contributed by atoms with Gasteiger partial charge in [0, 0.05) is 18.8 Å². The molecule has 0 bridgehead atoms. The third-order valence-electron chi connectivity index (χ3n) is 5.02. The molecule has 1 aromatic carbocycles. The van der Waals surface area contributed by atoms with Crippen molar-refractivity contribution in [1.82, 2.24) is 0 Å². The monoisotopic (exact) mass is 394 g/mol. The minimum atomic E-state index is -1.73. The molecule has 1 rings (SSSR count). The fourth-order valence-electron chi connectivity index (χ4n) is 2.43. The van der Waals surface area contributed by atoms with Crippen molar-refractivity contribution in [1.29, 1.82) is 0 Å². The molecule has 0 atom stereocenters. The standard InChI is InChI=1S/C21H39BO4Si/c1-16(2)25-22(26-17(3)4)19-12-11-18(20(15-19)23-8)13-14-24-27(9,10)21(5,6)7/h11-12,15-17H,13-14H2,1-10H3. The van der Waals surface area contributed by atoms with E-state index in [2.05, 4.69) is 46.0 Å². The van der Waals surface area contributed by atoms with Crippen molar-refractivity contribution < 1.29 is 18.5 Å². The van der Waals surface area contributed by atoms with Gasteiger partial charge in [-0.15, -0.1) is 0 Å². The molecule has 4 nitrogen and oxygen atoms in total. The van der Waals surface area contributed by atoms with Crippen LogP contribution in [0.1, 0.15) is 54.0 Å². The summed E-state index contributed by atoms with van der Waals surface area (Å²) in [5.41, 5.74) is 2.12. The van der Waals surface area contributed by atoms with E-state index < -0.39 is 15.4 Å². The molecule has 0 N–H and O–H groups in total. The molecular weight excluding hydrogens is 355 g/mol. The third kappa shape index (κ3) is 7.61. The first-order valence-corrected chi connectivity index (χ1v) is 12.9. The Morgan fingerprint density at radius 1 is 1.00 bits per heavy atom. The average molecular weight is 394 g/mol. The molecule has 0 spiro atoms. The molecular formula is C21H39BO4Si. The van der Waals surface area contributed by atoms with Crippen LogP contribution in [0.25, 0.3) is 0 Å². The average Bonchev–Trinajstić information content (AvgIpc) is 2.52. The largest absolute Gasteiger partial charge is 0.496 e. The summed E-state index contributed by atoms with van der Waals surface area (Å²) in [6.45, 7) is 20.1. The predicted molar refractivity (Wildman–Crippen MR) is 118 cm³/mol. The quantitative estimate of drug-likeness (QED) is 0.534. The smallest absolute Gasteiger partial charge is 0.494 e. The molecule has 27 heavy (non-hydrogen) atoms. The molecule has 0 amide bonds. The first-order chi connectivity index (χ1) is 12.4. The van der Waals surface area contributed by atoms with Crippen LogP contribution in [-0.2, 0) is 20.2 Å². The van der Waals surface area contributed by atoms with E-state index in [1.807, 2.05) is 33.8 Å². The second kappa shape index (κ2) is 10.1.